The number of likely N-dealkylation sites (N-methyl/N-ethyl adjacent to an activating group) is 1. The van der Waals surface area contributed by atoms with Crippen LogP contribution in [-0.4, -0.2) is 42.3 Å². The van der Waals surface area contributed by atoms with Crippen LogP contribution in [0.15, 0.2) is 4.52 Å². The molecule has 0 bridgehead atoms. The van der Waals surface area contributed by atoms with Gasteiger partial charge in [0.2, 0.25) is 0 Å². The fourth-order valence-electron chi connectivity index (χ4n) is 2.58. The first-order valence-corrected chi connectivity index (χ1v) is 6.59. The van der Waals surface area contributed by atoms with Crippen molar-refractivity contribution >= 4 is 11.7 Å². The highest BCUT2D eigenvalue weighted by molar-refractivity contribution is 5.90. The van der Waals surface area contributed by atoms with Crippen molar-refractivity contribution in [1.29, 1.82) is 0 Å². The van der Waals surface area contributed by atoms with Gasteiger partial charge in [-0.15, -0.1) is 0 Å². The third-order valence-corrected chi connectivity index (χ3v) is 3.58. The van der Waals surface area contributed by atoms with Gasteiger partial charge in [0.05, 0.1) is 5.54 Å². The lowest BCUT2D eigenvalue weighted by atomic mass is 9.76. The van der Waals surface area contributed by atoms with E-state index in [2.05, 4.69) is 20.7 Å². The van der Waals surface area contributed by atoms with Crippen molar-refractivity contribution in [2.75, 3.05) is 26.0 Å². The SMILES string of the molecule is Cc1noc(C)c1NC(=O)NC1(CN(C)C)CCC1. The quantitative estimate of drug-likeness (QED) is 0.873. The number of nitrogens with zero attached hydrogens (tertiary/aromatic N) is 2. The van der Waals surface area contributed by atoms with E-state index in [1.165, 1.54) is 6.42 Å². The molecule has 2 N–H and O–H groups in total. The van der Waals surface area contributed by atoms with Gasteiger partial charge in [-0.2, -0.15) is 0 Å². The van der Waals surface area contributed by atoms with E-state index in [9.17, 15) is 4.79 Å². The molecular weight excluding hydrogens is 244 g/mol. The maximum absolute atomic E-state index is 12.1. The van der Waals surface area contributed by atoms with Gasteiger partial charge in [-0.05, 0) is 47.2 Å². The first-order valence-electron chi connectivity index (χ1n) is 6.59. The van der Waals surface area contributed by atoms with E-state index in [1.807, 2.05) is 21.0 Å². The van der Waals surface area contributed by atoms with Gasteiger partial charge in [0.25, 0.3) is 0 Å². The van der Waals surface area contributed by atoms with Gasteiger partial charge in [0, 0.05) is 6.54 Å². The minimum atomic E-state index is -0.184. The van der Waals surface area contributed by atoms with Gasteiger partial charge in [0.15, 0.2) is 5.76 Å². The van der Waals surface area contributed by atoms with Crippen molar-refractivity contribution in [2.45, 2.75) is 38.6 Å². The molecule has 2 amide bonds. The first kappa shape index (κ1) is 13.9. The monoisotopic (exact) mass is 266 g/mol. The molecule has 1 aliphatic rings. The summed E-state index contributed by atoms with van der Waals surface area (Å²) in [6.07, 6.45) is 3.22. The first-order chi connectivity index (χ1) is 8.92. The minimum Gasteiger partial charge on any atom is -0.359 e. The molecule has 0 aromatic carbocycles. The number of anilines is 1. The van der Waals surface area contributed by atoms with Gasteiger partial charge in [-0.25, -0.2) is 4.79 Å². The maximum atomic E-state index is 12.1. The number of amides is 2. The molecule has 1 aliphatic carbocycles. The van der Waals surface area contributed by atoms with E-state index >= 15 is 0 Å². The van der Waals surface area contributed by atoms with Gasteiger partial charge in [-0.1, -0.05) is 5.16 Å². The number of aryl methyl sites for hydroxylation is 2. The largest absolute Gasteiger partial charge is 0.359 e. The van der Waals surface area contributed by atoms with E-state index in [1.54, 1.807) is 6.92 Å². The molecule has 0 aliphatic heterocycles. The number of carbonyl (C=O) groups excluding carboxylic acids is 1. The molecule has 1 aromatic rings. The smallest absolute Gasteiger partial charge is 0.319 e. The molecule has 1 saturated carbocycles. The molecule has 0 saturated heterocycles. The second-order valence-electron chi connectivity index (χ2n) is 5.65. The lowest BCUT2D eigenvalue weighted by Crippen LogP contribution is -2.59. The van der Waals surface area contributed by atoms with E-state index < -0.39 is 0 Å². The van der Waals surface area contributed by atoms with Crippen LogP contribution in [0.5, 0.6) is 0 Å². The Morgan fingerprint density at radius 1 is 1.42 bits per heavy atom. The Morgan fingerprint density at radius 3 is 2.53 bits per heavy atom. The molecule has 6 heteroatoms. The Hall–Kier alpha value is -1.56. The van der Waals surface area contributed by atoms with Crippen LogP contribution in [0.1, 0.15) is 30.7 Å². The summed E-state index contributed by atoms with van der Waals surface area (Å²) in [5.41, 5.74) is 1.27. The summed E-state index contributed by atoms with van der Waals surface area (Å²) in [6.45, 7) is 4.46. The van der Waals surface area contributed by atoms with Crippen LogP contribution in [-0.2, 0) is 0 Å². The molecule has 19 heavy (non-hydrogen) atoms. The summed E-state index contributed by atoms with van der Waals surface area (Å²) in [5.74, 6) is 0.628. The van der Waals surface area contributed by atoms with Gasteiger partial charge >= 0.3 is 6.03 Å². The van der Waals surface area contributed by atoms with Gasteiger partial charge in [0.1, 0.15) is 11.4 Å². The molecular formula is C13H22N4O2. The van der Waals surface area contributed by atoms with Crippen LogP contribution in [0.3, 0.4) is 0 Å². The normalized spacial score (nSPS) is 17.1. The molecule has 0 unspecified atom stereocenters. The van der Waals surface area contributed by atoms with Gasteiger partial charge in [-0.3, -0.25) is 0 Å². The van der Waals surface area contributed by atoms with E-state index in [-0.39, 0.29) is 11.6 Å². The summed E-state index contributed by atoms with van der Waals surface area (Å²) < 4.78 is 5.03. The molecule has 6 nitrogen and oxygen atoms in total. The number of carbonyl (C=O) groups is 1. The molecule has 1 heterocycles. The standard InChI is InChI=1S/C13H22N4O2/c1-9-11(10(2)19-16-9)14-12(18)15-13(6-5-7-13)8-17(3)4/h5-8H2,1-4H3,(H2,14,15,18). The third kappa shape index (κ3) is 3.07. The van der Waals surface area contributed by atoms with Crippen molar-refractivity contribution in [3.05, 3.63) is 11.5 Å². The highest BCUT2D eigenvalue weighted by Gasteiger charge is 2.38. The third-order valence-electron chi connectivity index (χ3n) is 3.58. The van der Waals surface area contributed by atoms with E-state index in [0.29, 0.717) is 17.1 Å². The summed E-state index contributed by atoms with van der Waals surface area (Å²) in [6, 6.07) is -0.184. The predicted octanol–water partition coefficient (Wildman–Crippen LogP) is 1.90. The second kappa shape index (κ2) is 5.21. The zero-order valence-corrected chi connectivity index (χ0v) is 12.0. The lowest BCUT2D eigenvalue weighted by Gasteiger charge is -2.44. The highest BCUT2D eigenvalue weighted by atomic mass is 16.5. The Kier molecular flexibility index (Phi) is 3.80. The Bertz CT molecular complexity index is 444. The average Bonchev–Trinajstić information content (AvgIpc) is 2.57. The topological polar surface area (TPSA) is 70.4 Å². The molecule has 1 aromatic heterocycles. The zero-order valence-electron chi connectivity index (χ0n) is 12.0. The summed E-state index contributed by atoms with van der Waals surface area (Å²) >= 11 is 0. The predicted molar refractivity (Wildman–Crippen MR) is 73.3 cm³/mol. The molecule has 106 valence electrons. The number of nitrogens with one attached hydrogen (secondary N) is 2. The van der Waals surface area contributed by atoms with Crippen molar-refractivity contribution in [3.8, 4) is 0 Å². The summed E-state index contributed by atoms with van der Waals surface area (Å²) in [7, 11) is 4.04. The highest BCUT2D eigenvalue weighted by Crippen LogP contribution is 2.32. The van der Waals surface area contributed by atoms with Crippen molar-refractivity contribution in [1.82, 2.24) is 15.4 Å². The number of aromatic nitrogens is 1. The Morgan fingerprint density at radius 2 is 2.11 bits per heavy atom. The van der Waals surface area contributed by atoms with Gasteiger partial charge < -0.3 is 20.1 Å². The Labute approximate surface area is 113 Å². The molecule has 0 radical (unpaired) electrons. The number of hydrogen-bond donors (Lipinski definition) is 2. The van der Waals surface area contributed by atoms with Crippen molar-refractivity contribution in [2.24, 2.45) is 0 Å². The lowest BCUT2D eigenvalue weighted by molar-refractivity contribution is 0.144. The van der Waals surface area contributed by atoms with E-state index in [4.69, 9.17) is 4.52 Å². The number of rotatable bonds is 4. The van der Waals surface area contributed by atoms with Crippen LogP contribution in [0, 0.1) is 13.8 Å². The average molecular weight is 266 g/mol. The molecule has 0 atom stereocenters. The molecule has 1 fully saturated rings. The zero-order chi connectivity index (χ0) is 14.0. The second-order valence-corrected chi connectivity index (χ2v) is 5.65. The Balaban J connectivity index is 1.97. The van der Waals surface area contributed by atoms with Crippen LogP contribution in [0.2, 0.25) is 0 Å². The fourth-order valence-corrected chi connectivity index (χ4v) is 2.58. The van der Waals surface area contributed by atoms with E-state index in [0.717, 1.165) is 19.4 Å². The van der Waals surface area contributed by atoms with Crippen LogP contribution in [0.25, 0.3) is 0 Å². The van der Waals surface area contributed by atoms with Crippen LogP contribution >= 0.6 is 0 Å². The van der Waals surface area contributed by atoms with Crippen molar-refractivity contribution in [3.63, 3.8) is 0 Å². The van der Waals surface area contributed by atoms with Crippen LogP contribution < -0.4 is 10.6 Å². The van der Waals surface area contributed by atoms with Crippen LogP contribution in [0.4, 0.5) is 10.5 Å². The number of hydrogen-bond acceptors (Lipinski definition) is 4. The molecule has 2 rings (SSSR count). The minimum absolute atomic E-state index is 0.0907. The number of urea groups is 1. The molecule has 0 spiro atoms. The summed E-state index contributed by atoms with van der Waals surface area (Å²) in [4.78, 5) is 14.2. The summed E-state index contributed by atoms with van der Waals surface area (Å²) in [5, 5.41) is 9.75. The fraction of sp³-hybridized carbons (Fsp3) is 0.692. The van der Waals surface area contributed by atoms with Crippen molar-refractivity contribution < 1.29 is 9.32 Å². The maximum Gasteiger partial charge on any atom is 0.319 e.